The van der Waals surface area contributed by atoms with Gasteiger partial charge < -0.3 is 20.1 Å². The predicted octanol–water partition coefficient (Wildman–Crippen LogP) is 2.14. The van der Waals surface area contributed by atoms with Crippen molar-refractivity contribution in [3.8, 4) is 5.75 Å². The Balaban J connectivity index is 2.54. The summed E-state index contributed by atoms with van der Waals surface area (Å²) in [5, 5.41) is 0. The Morgan fingerprint density at radius 1 is 1.24 bits per heavy atom. The Labute approximate surface area is 103 Å². The lowest BCUT2D eigenvalue weighted by molar-refractivity contribution is 0.0554. The molecule has 4 nitrogen and oxygen atoms in total. The van der Waals surface area contributed by atoms with Crippen LogP contribution in [0.4, 0.5) is 11.4 Å². The highest BCUT2D eigenvalue weighted by Crippen LogP contribution is 2.26. The smallest absolute Gasteiger partial charge is 0.144 e. The zero-order valence-corrected chi connectivity index (χ0v) is 11.1. The van der Waals surface area contributed by atoms with Crippen molar-refractivity contribution in [3.63, 3.8) is 0 Å². The average Bonchev–Trinajstić information content (AvgIpc) is 2.25. The van der Waals surface area contributed by atoms with E-state index in [2.05, 4.69) is 0 Å². The molecule has 0 fully saturated rings. The molecule has 0 atom stereocenters. The number of nitrogen functional groups attached to an aromatic ring is 1. The minimum atomic E-state index is 0.226. The summed E-state index contributed by atoms with van der Waals surface area (Å²) in [6.07, 6.45) is 0.226. The molecule has 0 saturated carbocycles. The van der Waals surface area contributed by atoms with Crippen molar-refractivity contribution in [2.75, 3.05) is 37.9 Å². The summed E-state index contributed by atoms with van der Waals surface area (Å²) in [7, 11) is 3.97. The molecule has 0 radical (unpaired) electrons. The first-order valence-electron chi connectivity index (χ1n) is 5.82. The second-order valence-electron chi connectivity index (χ2n) is 4.38. The minimum Gasteiger partial charge on any atom is -0.489 e. The average molecular weight is 238 g/mol. The maximum atomic E-state index is 5.85. The van der Waals surface area contributed by atoms with E-state index in [4.69, 9.17) is 15.2 Å². The summed E-state index contributed by atoms with van der Waals surface area (Å²) in [4.78, 5) is 2.01. The van der Waals surface area contributed by atoms with Gasteiger partial charge in [-0.2, -0.15) is 0 Å². The van der Waals surface area contributed by atoms with Gasteiger partial charge in [0, 0.05) is 25.8 Å². The van der Waals surface area contributed by atoms with Crippen LogP contribution in [0.5, 0.6) is 5.75 Å². The van der Waals surface area contributed by atoms with E-state index in [1.165, 1.54) is 0 Å². The third-order valence-electron chi connectivity index (χ3n) is 2.31. The molecule has 0 bridgehead atoms. The van der Waals surface area contributed by atoms with Gasteiger partial charge in [0.05, 0.1) is 18.4 Å². The Hall–Kier alpha value is -1.42. The first kappa shape index (κ1) is 13.6. The van der Waals surface area contributed by atoms with E-state index in [9.17, 15) is 0 Å². The maximum absolute atomic E-state index is 5.85. The predicted molar refractivity (Wildman–Crippen MR) is 71.8 cm³/mol. The number of hydrogen-bond donors (Lipinski definition) is 1. The van der Waals surface area contributed by atoms with E-state index in [1.54, 1.807) is 0 Å². The van der Waals surface area contributed by atoms with Crippen molar-refractivity contribution >= 4 is 11.4 Å². The number of nitrogens with zero attached hydrogens (tertiary/aromatic N) is 1. The van der Waals surface area contributed by atoms with E-state index < -0.39 is 0 Å². The molecule has 2 N–H and O–H groups in total. The van der Waals surface area contributed by atoms with Gasteiger partial charge in [0.1, 0.15) is 12.4 Å². The highest BCUT2D eigenvalue weighted by atomic mass is 16.5. The highest BCUT2D eigenvalue weighted by Gasteiger charge is 2.04. The van der Waals surface area contributed by atoms with Crippen LogP contribution in [0.15, 0.2) is 18.2 Å². The van der Waals surface area contributed by atoms with Crippen molar-refractivity contribution < 1.29 is 9.47 Å². The number of benzene rings is 1. The number of ether oxygens (including phenoxy) is 2. The molecule has 0 saturated heterocycles. The lowest BCUT2D eigenvalue weighted by atomic mass is 10.2. The third kappa shape index (κ3) is 4.53. The van der Waals surface area contributed by atoms with Crippen LogP contribution in [0, 0.1) is 0 Å². The molecular weight excluding hydrogens is 216 g/mol. The fraction of sp³-hybridized carbons (Fsp3) is 0.538. The van der Waals surface area contributed by atoms with E-state index in [1.807, 2.05) is 51.0 Å². The molecular formula is C13H22N2O2. The fourth-order valence-electron chi connectivity index (χ4n) is 1.36. The van der Waals surface area contributed by atoms with Crippen LogP contribution in [-0.2, 0) is 4.74 Å². The number of nitrogens with two attached hydrogens (primary N) is 1. The Morgan fingerprint density at radius 2 is 1.94 bits per heavy atom. The third-order valence-corrected chi connectivity index (χ3v) is 2.31. The van der Waals surface area contributed by atoms with Crippen LogP contribution in [-0.4, -0.2) is 33.4 Å². The van der Waals surface area contributed by atoms with Crippen LogP contribution >= 0.6 is 0 Å². The largest absolute Gasteiger partial charge is 0.489 e. The molecule has 0 heterocycles. The Morgan fingerprint density at radius 3 is 2.53 bits per heavy atom. The lowest BCUT2D eigenvalue weighted by Gasteiger charge is -2.16. The lowest BCUT2D eigenvalue weighted by Crippen LogP contribution is -2.13. The van der Waals surface area contributed by atoms with Crippen LogP contribution in [0.3, 0.4) is 0 Å². The van der Waals surface area contributed by atoms with Crippen LogP contribution in [0.1, 0.15) is 13.8 Å². The van der Waals surface area contributed by atoms with E-state index >= 15 is 0 Å². The minimum absolute atomic E-state index is 0.226. The molecule has 1 aromatic rings. The molecule has 4 heteroatoms. The van der Waals surface area contributed by atoms with Crippen molar-refractivity contribution in [3.05, 3.63) is 18.2 Å². The molecule has 0 unspecified atom stereocenters. The van der Waals surface area contributed by atoms with Gasteiger partial charge in [-0.05, 0) is 26.0 Å². The van der Waals surface area contributed by atoms with Gasteiger partial charge in [-0.15, -0.1) is 0 Å². The van der Waals surface area contributed by atoms with Gasteiger partial charge in [-0.25, -0.2) is 0 Å². The summed E-state index contributed by atoms with van der Waals surface area (Å²) in [6.45, 7) is 5.09. The molecule has 1 rings (SSSR count). The highest BCUT2D eigenvalue weighted by molar-refractivity contribution is 5.61. The van der Waals surface area contributed by atoms with Gasteiger partial charge in [-0.1, -0.05) is 0 Å². The summed E-state index contributed by atoms with van der Waals surface area (Å²) in [5.41, 5.74) is 7.57. The second-order valence-corrected chi connectivity index (χ2v) is 4.38. The molecule has 0 aliphatic carbocycles. The number of anilines is 2. The summed E-state index contributed by atoms with van der Waals surface area (Å²) >= 11 is 0. The van der Waals surface area contributed by atoms with Gasteiger partial charge in [0.2, 0.25) is 0 Å². The van der Waals surface area contributed by atoms with Crippen molar-refractivity contribution in [1.82, 2.24) is 0 Å². The SMILES string of the molecule is CC(C)OCCOc1cc(N(C)C)ccc1N. The summed E-state index contributed by atoms with van der Waals surface area (Å²) in [6, 6.07) is 5.76. The second kappa shape index (κ2) is 6.35. The van der Waals surface area contributed by atoms with E-state index in [0.29, 0.717) is 24.7 Å². The molecule has 0 amide bonds. The molecule has 0 aliphatic heterocycles. The molecule has 0 spiro atoms. The molecule has 17 heavy (non-hydrogen) atoms. The van der Waals surface area contributed by atoms with Crippen molar-refractivity contribution in [2.24, 2.45) is 0 Å². The molecule has 0 aromatic heterocycles. The fourth-order valence-corrected chi connectivity index (χ4v) is 1.36. The normalized spacial score (nSPS) is 10.6. The van der Waals surface area contributed by atoms with Crippen LogP contribution < -0.4 is 15.4 Å². The zero-order valence-electron chi connectivity index (χ0n) is 11.1. The zero-order chi connectivity index (χ0) is 12.8. The molecule has 0 aliphatic rings. The topological polar surface area (TPSA) is 47.7 Å². The molecule has 1 aromatic carbocycles. The first-order chi connectivity index (χ1) is 8.00. The Bertz CT molecular complexity index is 351. The van der Waals surface area contributed by atoms with Gasteiger partial charge in [0.15, 0.2) is 0 Å². The van der Waals surface area contributed by atoms with E-state index in [-0.39, 0.29) is 6.10 Å². The number of hydrogen-bond acceptors (Lipinski definition) is 4. The van der Waals surface area contributed by atoms with Crippen molar-refractivity contribution in [2.45, 2.75) is 20.0 Å². The van der Waals surface area contributed by atoms with Crippen molar-refractivity contribution in [1.29, 1.82) is 0 Å². The van der Waals surface area contributed by atoms with E-state index in [0.717, 1.165) is 5.69 Å². The summed E-state index contributed by atoms with van der Waals surface area (Å²) in [5.74, 6) is 0.712. The van der Waals surface area contributed by atoms with Gasteiger partial charge >= 0.3 is 0 Å². The quantitative estimate of drug-likeness (QED) is 0.609. The standard InChI is InChI=1S/C13H22N2O2/c1-10(2)16-7-8-17-13-9-11(15(3)4)5-6-12(13)14/h5-6,9-10H,7-8,14H2,1-4H3. The first-order valence-corrected chi connectivity index (χ1v) is 5.82. The monoisotopic (exact) mass is 238 g/mol. The summed E-state index contributed by atoms with van der Waals surface area (Å²) < 4.78 is 11.0. The van der Waals surface area contributed by atoms with Gasteiger partial charge in [0.25, 0.3) is 0 Å². The number of rotatable bonds is 6. The Kier molecular flexibility index (Phi) is 5.10. The molecule has 96 valence electrons. The van der Waals surface area contributed by atoms with Gasteiger partial charge in [-0.3, -0.25) is 0 Å². The van der Waals surface area contributed by atoms with Crippen LogP contribution in [0.2, 0.25) is 0 Å². The van der Waals surface area contributed by atoms with Crippen LogP contribution in [0.25, 0.3) is 0 Å². The maximum Gasteiger partial charge on any atom is 0.144 e.